The Morgan fingerprint density at radius 3 is 2.61 bits per heavy atom. The molecule has 0 radical (unpaired) electrons. The van der Waals surface area contributed by atoms with Crippen molar-refractivity contribution in [3.63, 3.8) is 0 Å². The van der Waals surface area contributed by atoms with Crippen LogP contribution in [0, 0.1) is 5.92 Å². The molecule has 1 aliphatic rings. The van der Waals surface area contributed by atoms with Gasteiger partial charge in [-0.2, -0.15) is 0 Å². The smallest absolute Gasteiger partial charge is 0.0615 e. The Hall–Kier alpha value is -0.120. The summed E-state index contributed by atoms with van der Waals surface area (Å²) in [7, 11) is 1.81. The molecule has 0 amide bonds. The number of piperazine rings is 1. The van der Waals surface area contributed by atoms with Gasteiger partial charge in [0.2, 0.25) is 0 Å². The van der Waals surface area contributed by atoms with E-state index < -0.39 is 0 Å². The highest BCUT2D eigenvalue weighted by molar-refractivity contribution is 4.90. The molecule has 1 N–H and O–H groups in total. The molecule has 108 valence electrons. The van der Waals surface area contributed by atoms with Gasteiger partial charge in [-0.15, -0.1) is 0 Å². The lowest BCUT2D eigenvalue weighted by atomic mass is 9.92. The van der Waals surface area contributed by atoms with Crippen LogP contribution in [0.5, 0.6) is 0 Å². The topological polar surface area (TPSA) is 24.5 Å². The Morgan fingerprint density at radius 1 is 1.33 bits per heavy atom. The first-order chi connectivity index (χ1) is 8.63. The van der Waals surface area contributed by atoms with E-state index in [9.17, 15) is 0 Å². The lowest BCUT2D eigenvalue weighted by Gasteiger charge is -2.46. The molecular formula is C15H32N2O. The Morgan fingerprint density at radius 2 is 2.06 bits per heavy atom. The van der Waals surface area contributed by atoms with Gasteiger partial charge in [0, 0.05) is 38.3 Å². The Kier molecular flexibility index (Phi) is 7.20. The van der Waals surface area contributed by atoms with Crippen LogP contribution in [-0.2, 0) is 4.74 Å². The van der Waals surface area contributed by atoms with Crippen molar-refractivity contribution >= 4 is 0 Å². The summed E-state index contributed by atoms with van der Waals surface area (Å²) in [6.45, 7) is 12.4. The highest BCUT2D eigenvalue weighted by Gasteiger charge is 2.33. The zero-order valence-corrected chi connectivity index (χ0v) is 12.9. The van der Waals surface area contributed by atoms with Gasteiger partial charge >= 0.3 is 0 Å². The third kappa shape index (κ3) is 4.22. The van der Waals surface area contributed by atoms with E-state index in [1.54, 1.807) is 7.11 Å². The van der Waals surface area contributed by atoms with Crippen LogP contribution in [0.15, 0.2) is 0 Å². The van der Waals surface area contributed by atoms with Crippen molar-refractivity contribution in [1.29, 1.82) is 0 Å². The summed E-state index contributed by atoms with van der Waals surface area (Å²) in [5.41, 5.74) is 0. The second-order valence-electron chi connectivity index (χ2n) is 5.85. The van der Waals surface area contributed by atoms with E-state index in [0.717, 1.165) is 19.1 Å². The molecular weight excluding hydrogens is 224 g/mol. The molecule has 1 fully saturated rings. The fraction of sp³-hybridized carbons (Fsp3) is 1.00. The number of nitrogens with zero attached hydrogens (tertiary/aromatic N) is 1. The maximum atomic E-state index is 5.35. The molecule has 3 nitrogen and oxygen atoms in total. The number of methoxy groups -OCH3 is 1. The highest BCUT2D eigenvalue weighted by Crippen LogP contribution is 2.22. The normalized spacial score (nSPS) is 29.2. The molecule has 0 saturated carbocycles. The van der Waals surface area contributed by atoms with Crippen molar-refractivity contribution in [2.24, 2.45) is 5.92 Å². The summed E-state index contributed by atoms with van der Waals surface area (Å²) in [4.78, 5) is 2.68. The molecule has 0 aliphatic carbocycles. The van der Waals surface area contributed by atoms with Crippen molar-refractivity contribution in [2.45, 2.75) is 65.1 Å². The van der Waals surface area contributed by atoms with E-state index in [4.69, 9.17) is 4.74 Å². The first-order valence-corrected chi connectivity index (χ1v) is 7.62. The van der Waals surface area contributed by atoms with Gasteiger partial charge in [0.05, 0.1) is 6.61 Å². The summed E-state index contributed by atoms with van der Waals surface area (Å²) < 4.78 is 5.35. The Balaban J connectivity index is 2.66. The molecule has 3 heteroatoms. The predicted octanol–water partition coefficient (Wildman–Crippen LogP) is 2.51. The minimum Gasteiger partial charge on any atom is -0.383 e. The zero-order chi connectivity index (χ0) is 13.5. The summed E-state index contributed by atoms with van der Waals surface area (Å²) in [5.74, 6) is 0.749. The quantitative estimate of drug-likeness (QED) is 0.757. The highest BCUT2D eigenvalue weighted by atomic mass is 16.5. The van der Waals surface area contributed by atoms with Crippen molar-refractivity contribution in [3.05, 3.63) is 0 Å². The van der Waals surface area contributed by atoms with E-state index in [2.05, 4.69) is 37.9 Å². The van der Waals surface area contributed by atoms with E-state index in [1.165, 1.54) is 25.8 Å². The second-order valence-corrected chi connectivity index (χ2v) is 5.85. The average molecular weight is 256 g/mol. The van der Waals surface area contributed by atoms with Crippen LogP contribution in [0.2, 0.25) is 0 Å². The maximum absolute atomic E-state index is 5.35. The monoisotopic (exact) mass is 256 g/mol. The van der Waals surface area contributed by atoms with E-state index in [0.29, 0.717) is 18.1 Å². The van der Waals surface area contributed by atoms with Gasteiger partial charge in [0.15, 0.2) is 0 Å². The fourth-order valence-corrected chi connectivity index (χ4v) is 3.04. The van der Waals surface area contributed by atoms with Crippen molar-refractivity contribution in [2.75, 3.05) is 26.8 Å². The molecule has 1 heterocycles. The van der Waals surface area contributed by atoms with Crippen LogP contribution >= 0.6 is 0 Å². The van der Waals surface area contributed by atoms with Crippen LogP contribution in [0.3, 0.4) is 0 Å². The molecule has 1 rings (SSSR count). The average Bonchev–Trinajstić information content (AvgIpc) is 2.38. The summed E-state index contributed by atoms with van der Waals surface area (Å²) in [6.07, 6.45) is 3.79. The third-order valence-electron chi connectivity index (χ3n) is 4.38. The lowest BCUT2D eigenvalue weighted by Crippen LogP contribution is -2.61. The molecule has 4 unspecified atom stereocenters. The minimum atomic E-state index is 0.524. The van der Waals surface area contributed by atoms with Crippen LogP contribution < -0.4 is 5.32 Å². The maximum Gasteiger partial charge on any atom is 0.0615 e. The Bertz CT molecular complexity index is 223. The number of rotatable bonds is 7. The van der Waals surface area contributed by atoms with Crippen molar-refractivity contribution in [1.82, 2.24) is 10.2 Å². The van der Waals surface area contributed by atoms with Gasteiger partial charge in [-0.25, -0.2) is 0 Å². The first kappa shape index (κ1) is 15.9. The largest absolute Gasteiger partial charge is 0.383 e. The molecule has 1 saturated heterocycles. The number of nitrogens with one attached hydrogen (secondary N) is 1. The number of hydrogen-bond acceptors (Lipinski definition) is 3. The number of ether oxygens (including phenoxy) is 1. The van der Waals surface area contributed by atoms with Gasteiger partial charge in [0.1, 0.15) is 0 Å². The second kappa shape index (κ2) is 8.13. The third-order valence-corrected chi connectivity index (χ3v) is 4.38. The molecule has 18 heavy (non-hydrogen) atoms. The number of hydrogen-bond donors (Lipinski definition) is 1. The van der Waals surface area contributed by atoms with Gasteiger partial charge in [-0.1, -0.05) is 33.6 Å². The molecule has 0 bridgehead atoms. The minimum absolute atomic E-state index is 0.524. The zero-order valence-electron chi connectivity index (χ0n) is 12.9. The Labute approximate surface area is 113 Å². The first-order valence-electron chi connectivity index (χ1n) is 7.62. The van der Waals surface area contributed by atoms with Crippen molar-refractivity contribution < 1.29 is 4.74 Å². The van der Waals surface area contributed by atoms with Gasteiger partial charge in [-0.3, -0.25) is 4.90 Å². The SMILES string of the molecule is CCCC1CN(C(C)COC)C(C(C)CC)CN1. The molecule has 0 aromatic heterocycles. The van der Waals surface area contributed by atoms with Crippen molar-refractivity contribution in [3.8, 4) is 0 Å². The summed E-state index contributed by atoms with van der Waals surface area (Å²) in [5, 5.41) is 3.73. The summed E-state index contributed by atoms with van der Waals surface area (Å²) in [6, 6.07) is 1.85. The van der Waals surface area contributed by atoms with E-state index >= 15 is 0 Å². The van der Waals surface area contributed by atoms with Gasteiger partial charge in [0.25, 0.3) is 0 Å². The van der Waals surface area contributed by atoms with Crippen LogP contribution in [0.25, 0.3) is 0 Å². The standard InChI is InChI=1S/C15H32N2O/c1-6-8-14-10-17(13(4)11-18-5)15(9-16-14)12(3)7-2/h12-16H,6-11H2,1-5H3. The van der Waals surface area contributed by atoms with E-state index in [1.807, 2.05) is 0 Å². The predicted molar refractivity (Wildman–Crippen MR) is 78.0 cm³/mol. The molecule has 4 atom stereocenters. The van der Waals surface area contributed by atoms with Gasteiger partial charge in [-0.05, 0) is 19.3 Å². The van der Waals surface area contributed by atoms with Crippen LogP contribution in [0.4, 0.5) is 0 Å². The van der Waals surface area contributed by atoms with Gasteiger partial charge < -0.3 is 10.1 Å². The molecule has 0 spiro atoms. The summed E-state index contributed by atoms with van der Waals surface area (Å²) >= 11 is 0. The lowest BCUT2D eigenvalue weighted by molar-refractivity contribution is 0.0193. The fourth-order valence-electron chi connectivity index (χ4n) is 3.04. The molecule has 0 aromatic carbocycles. The molecule has 0 aromatic rings. The molecule has 1 aliphatic heterocycles. The van der Waals surface area contributed by atoms with Crippen LogP contribution in [-0.4, -0.2) is 49.8 Å². The van der Waals surface area contributed by atoms with E-state index in [-0.39, 0.29) is 0 Å². The van der Waals surface area contributed by atoms with Crippen LogP contribution in [0.1, 0.15) is 47.0 Å².